The monoisotopic (exact) mass is 347 g/mol. The summed E-state index contributed by atoms with van der Waals surface area (Å²) in [6.45, 7) is 1.28. The molecule has 134 valence electrons. The van der Waals surface area contributed by atoms with Crippen LogP contribution in [0, 0.1) is 0 Å². The Bertz CT molecular complexity index is 848. The number of aromatic nitrogens is 2. The number of carboxylic acids is 1. The molecule has 0 saturated carbocycles. The quantitative estimate of drug-likeness (QED) is 0.838. The summed E-state index contributed by atoms with van der Waals surface area (Å²) in [7, 11) is 1.64. The van der Waals surface area contributed by atoms with Gasteiger partial charge in [-0.25, -0.2) is 4.79 Å². The van der Waals surface area contributed by atoms with Gasteiger partial charge in [0.1, 0.15) is 0 Å². The Morgan fingerprint density at radius 1 is 1.36 bits per heavy atom. The molecule has 1 saturated heterocycles. The molecule has 8 nitrogen and oxygen atoms in total. The Morgan fingerprint density at radius 2 is 2.08 bits per heavy atom. The van der Waals surface area contributed by atoms with Crippen molar-refractivity contribution in [3.8, 4) is 0 Å². The number of aryl methyl sites for hydroxylation is 1. The number of imidazole rings is 1. The number of fused-ring (bicyclic) bond motifs is 1. The third-order valence-corrected chi connectivity index (χ3v) is 4.61. The van der Waals surface area contributed by atoms with E-state index >= 15 is 0 Å². The lowest BCUT2D eigenvalue weighted by Crippen LogP contribution is -2.44. The standard InChI is InChI=1S/C17H21N3O5/c1-19-14-10-11(2-3-13(14)18-17(19)24)16(23)20(7-4-15(21)22)12-5-8-25-9-6-12/h2-3,10,12H,4-9H2,1H3,(H,18,24)(H,21,22). The maximum atomic E-state index is 13.0. The first kappa shape index (κ1) is 17.2. The van der Waals surface area contributed by atoms with E-state index in [4.69, 9.17) is 9.84 Å². The molecule has 1 aliphatic heterocycles. The van der Waals surface area contributed by atoms with Crippen LogP contribution in [0.3, 0.4) is 0 Å². The zero-order valence-electron chi connectivity index (χ0n) is 14.0. The van der Waals surface area contributed by atoms with Crippen LogP contribution in [0.25, 0.3) is 11.0 Å². The average Bonchev–Trinajstić information content (AvgIpc) is 2.89. The summed E-state index contributed by atoms with van der Waals surface area (Å²) < 4.78 is 6.79. The number of carbonyl (C=O) groups is 2. The van der Waals surface area contributed by atoms with Crippen molar-refractivity contribution >= 4 is 22.9 Å². The number of nitrogens with one attached hydrogen (secondary N) is 1. The molecule has 1 aliphatic rings. The minimum Gasteiger partial charge on any atom is -0.481 e. The summed E-state index contributed by atoms with van der Waals surface area (Å²) in [6, 6.07) is 4.99. The van der Waals surface area contributed by atoms with Gasteiger partial charge in [-0.15, -0.1) is 0 Å². The molecule has 1 aromatic carbocycles. The zero-order valence-corrected chi connectivity index (χ0v) is 14.0. The fourth-order valence-corrected chi connectivity index (χ4v) is 3.19. The van der Waals surface area contributed by atoms with E-state index in [1.54, 1.807) is 30.1 Å². The second-order valence-corrected chi connectivity index (χ2v) is 6.21. The smallest absolute Gasteiger partial charge is 0.326 e. The number of nitrogens with zero attached hydrogens (tertiary/aromatic N) is 2. The van der Waals surface area contributed by atoms with E-state index in [0.29, 0.717) is 42.7 Å². The molecule has 0 radical (unpaired) electrons. The Morgan fingerprint density at radius 3 is 2.76 bits per heavy atom. The number of carbonyl (C=O) groups excluding carboxylic acids is 1. The van der Waals surface area contributed by atoms with Gasteiger partial charge in [-0.05, 0) is 31.0 Å². The third-order valence-electron chi connectivity index (χ3n) is 4.61. The molecule has 0 unspecified atom stereocenters. The van der Waals surface area contributed by atoms with Crippen LogP contribution in [0.2, 0.25) is 0 Å². The minimum atomic E-state index is -0.937. The van der Waals surface area contributed by atoms with Crippen LogP contribution in [0.1, 0.15) is 29.6 Å². The van der Waals surface area contributed by atoms with E-state index in [9.17, 15) is 14.4 Å². The largest absolute Gasteiger partial charge is 0.481 e. The molecule has 3 rings (SSSR count). The Hall–Kier alpha value is -2.61. The number of carboxylic acid groups (broad SMARTS) is 1. The predicted octanol–water partition coefficient (Wildman–Crippen LogP) is 0.962. The third kappa shape index (κ3) is 3.58. The van der Waals surface area contributed by atoms with E-state index in [1.165, 1.54) is 4.57 Å². The first-order valence-corrected chi connectivity index (χ1v) is 8.26. The van der Waals surface area contributed by atoms with E-state index in [2.05, 4.69) is 4.98 Å². The van der Waals surface area contributed by atoms with Crippen LogP contribution in [0.4, 0.5) is 0 Å². The molecule has 1 amide bonds. The second kappa shape index (κ2) is 7.10. The molecule has 2 heterocycles. The molecule has 2 aromatic rings. The van der Waals surface area contributed by atoms with Crippen molar-refractivity contribution in [2.24, 2.45) is 7.05 Å². The summed E-state index contributed by atoms with van der Waals surface area (Å²) in [5.74, 6) is -1.16. The molecular formula is C17H21N3O5. The average molecular weight is 347 g/mol. The Balaban J connectivity index is 1.91. The summed E-state index contributed by atoms with van der Waals surface area (Å²) >= 11 is 0. The van der Waals surface area contributed by atoms with Gasteiger partial charge in [-0.3, -0.25) is 14.2 Å². The Labute approximate surface area is 144 Å². The van der Waals surface area contributed by atoms with Gasteiger partial charge in [0.05, 0.1) is 17.5 Å². The highest BCUT2D eigenvalue weighted by Crippen LogP contribution is 2.20. The van der Waals surface area contributed by atoms with Crippen LogP contribution in [-0.2, 0) is 16.6 Å². The fourth-order valence-electron chi connectivity index (χ4n) is 3.19. The highest BCUT2D eigenvalue weighted by molar-refractivity contribution is 5.97. The highest BCUT2D eigenvalue weighted by Gasteiger charge is 2.27. The molecule has 0 atom stereocenters. The van der Waals surface area contributed by atoms with E-state index in [-0.39, 0.29) is 30.6 Å². The number of H-pyrrole nitrogens is 1. The highest BCUT2D eigenvalue weighted by atomic mass is 16.5. The molecule has 0 spiro atoms. The molecule has 1 aromatic heterocycles. The van der Waals surface area contributed by atoms with Crippen molar-refractivity contribution < 1.29 is 19.4 Å². The first-order valence-electron chi connectivity index (χ1n) is 8.26. The van der Waals surface area contributed by atoms with Gasteiger partial charge >= 0.3 is 11.7 Å². The fraction of sp³-hybridized carbons (Fsp3) is 0.471. The van der Waals surface area contributed by atoms with Gasteiger partial charge in [-0.2, -0.15) is 0 Å². The topological polar surface area (TPSA) is 105 Å². The number of hydrogen-bond acceptors (Lipinski definition) is 4. The van der Waals surface area contributed by atoms with Gasteiger partial charge in [0.2, 0.25) is 0 Å². The number of ether oxygens (including phenoxy) is 1. The lowest BCUT2D eigenvalue weighted by molar-refractivity contribution is -0.137. The molecule has 2 N–H and O–H groups in total. The SMILES string of the molecule is Cn1c(=O)[nH]c2ccc(C(=O)N(CCC(=O)O)C3CCOCC3)cc21. The van der Waals surface area contributed by atoms with E-state index in [1.807, 2.05) is 0 Å². The summed E-state index contributed by atoms with van der Waals surface area (Å²) in [6.07, 6.45) is 1.28. The van der Waals surface area contributed by atoms with Gasteiger partial charge in [0.25, 0.3) is 5.91 Å². The number of benzene rings is 1. The molecule has 8 heteroatoms. The van der Waals surface area contributed by atoms with Gasteiger partial charge in [0.15, 0.2) is 0 Å². The normalized spacial score (nSPS) is 15.4. The predicted molar refractivity (Wildman–Crippen MR) is 90.7 cm³/mol. The van der Waals surface area contributed by atoms with Crippen LogP contribution in [-0.4, -0.2) is 57.2 Å². The Kier molecular flexibility index (Phi) is 4.89. The first-order chi connectivity index (χ1) is 12.0. The summed E-state index contributed by atoms with van der Waals surface area (Å²) in [5.41, 5.74) is 1.50. The van der Waals surface area contributed by atoms with Crippen molar-refractivity contribution in [1.82, 2.24) is 14.5 Å². The second-order valence-electron chi connectivity index (χ2n) is 6.21. The molecular weight excluding hydrogens is 326 g/mol. The lowest BCUT2D eigenvalue weighted by Gasteiger charge is -2.34. The lowest BCUT2D eigenvalue weighted by atomic mass is 10.0. The molecule has 25 heavy (non-hydrogen) atoms. The van der Waals surface area contributed by atoms with E-state index < -0.39 is 5.97 Å². The van der Waals surface area contributed by atoms with Gasteiger partial charge in [0, 0.05) is 38.4 Å². The van der Waals surface area contributed by atoms with Crippen molar-refractivity contribution in [2.45, 2.75) is 25.3 Å². The van der Waals surface area contributed by atoms with Crippen molar-refractivity contribution in [2.75, 3.05) is 19.8 Å². The van der Waals surface area contributed by atoms with Crippen LogP contribution >= 0.6 is 0 Å². The van der Waals surface area contributed by atoms with Crippen LogP contribution < -0.4 is 5.69 Å². The number of aromatic amines is 1. The summed E-state index contributed by atoms with van der Waals surface area (Å²) in [4.78, 5) is 40.0. The number of aliphatic carboxylic acids is 1. The van der Waals surface area contributed by atoms with E-state index in [0.717, 1.165) is 0 Å². The maximum absolute atomic E-state index is 13.0. The van der Waals surface area contributed by atoms with Crippen LogP contribution in [0.15, 0.2) is 23.0 Å². The number of rotatable bonds is 5. The van der Waals surface area contributed by atoms with Gasteiger partial charge < -0.3 is 19.7 Å². The van der Waals surface area contributed by atoms with Crippen molar-refractivity contribution in [3.63, 3.8) is 0 Å². The minimum absolute atomic E-state index is 0.0358. The van der Waals surface area contributed by atoms with Crippen molar-refractivity contribution in [1.29, 1.82) is 0 Å². The van der Waals surface area contributed by atoms with Crippen LogP contribution in [0.5, 0.6) is 0 Å². The number of hydrogen-bond donors (Lipinski definition) is 2. The summed E-state index contributed by atoms with van der Waals surface area (Å²) in [5, 5.41) is 8.99. The van der Waals surface area contributed by atoms with Gasteiger partial charge in [-0.1, -0.05) is 0 Å². The molecule has 1 fully saturated rings. The zero-order chi connectivity index (χ0) is 18.0. The maximum Gasteiger partial charge on any atom is 0.326 e. The molecule has 0 bridgehead atoms. The van der Waals surface area contributed by atoms with Crippen molar-refractivity contribution in [3.05, 3.63) is 34.2 Å². The molecule has 0 aliphatic carbocycles. The number of amides is 1.